The van der Waals surface area contributed by atoms with Gasteiger partial charge in [0.25, 0.3) is 5.56 Å². The van der Waals surface area contributed by atoms with Crippen molar-refractivity contribution in [2.24, 2.45) is 0 Å². The number of carbonyl (C=O) groups is 1. The normalized spacial score (nSPS) is 10.7. The van der Waals surface area contributed by atoms with E-state index in [4.69, 9.17) is 0 Å². The molecule has 2 rings (SSSR count). The molecule has 0 bridgehead atoms. The van der Waals surface area contributed by atoms with Gasteiger partial charge in [-0.15, -0.1) is 0 Å². The second kappa shape index (κ2) is 6.35. The highest BCUT2D eigenvalue weighted by Crippen LogP contribution is 2.10. The molecule has 2 aromatic rings. The molecule has 0 aliphatic heterocycles. The third kappa shape index (κ3) is 4.02. The summed E-state index contributed by atoms with van der Waals surface area (Å²) in [6.45, 7) is 5.85. The summed E-state index contributed by atoms with van der Waals surface area (Å²) in [7, 11) is 0. The predicted octanol–water partition coefficient (Wildman–Crippen LogP) is 2.31. The van der Waals surface area contributed by atoms with Gasteiger partial charge in [0.2, 0.25) is 5.91 Å². The number of amides is 1. The second-order valence-corrected chi connectivity index (χ2v) is 5.35. The summed E-state index contributed by atoms with van der Waals surface area (Å²) >= 11 is 0. The molecule has 0 radical (unpaired) electrons. The Kier molecular flexibility index (Phi) is 4.52. The first kappa shape index (κ1) is 15.0. The summed E-state index contributed by atoms with van der Waals surface area (Å²) in [5.41, 5.74) is 2.30. The average molecular weight is 285 g/mol. The van der Waals surface area contributed by atoms with Gasteiger partial charge in [-0.1, -0.05) is 26.0 Å². The first-order valence-corrected chi connectivity index (χ1v) is 6.88. The summed E-state index contributed by atoms with van der Waals surface area (Å²) in [4.78, 5) is 28.1. The fourth-order valence-corrected chi connectivity index (χ4v) is 1.95. The molecule has 0 spiro atoms. The SMILES string of the molecule is Cc1cccc(NC(=O)Cn2cnc(C(C)C)cc2=O)c1. The number of aryl methyl sites for hydroxylation is 1. The van der Waals surface area contributed by atoms with Crippen LogP contribution in [0.1, 0.15) is 31.0 Å². The van der Waals surface area contributed by atoms with Crippen molar-refractivity contribution in [1.82, 2.24) is 9.55 Å². The van der Waals surface area contributed by atoms with E-state index < -0.39 is 0 Å². The summed E-state index contributed by atoms with van der Waals surface area (Å²) in [6.07, 6.45) is 1.42. The van der Waals surface area contributed by atoms with Gasteiger partial charge in [0.15, 0.2) is 0 Å². The topological polar surface area (TPSA) is 64.0 Å². The average Bonchev–Trinajstić information content (AvgIpc) is 2.40. The van der Waals surface area contributed by atoms with Crippen LogP contribution in [-0.2, 0) is 11.3 Å². The lowest BCUT2D eigenvalue weighted by Crippen LogP contribution is -2.28. The molecule has 21 heavy (non-hydrogen) atoms. The van der Waals surface area contributed by atoms with Crippen LogP contribution in [0.15, 0.2) is 41.5 Å². The van der Waals surface area contributed by atoms with Crippen molar-refractivity contribution in [2.75, 3.05) is 5.32 Å². The molecule has 1 amide bonds. The van der Waals surface area contributed by atoms with E-state index in [9.17, 15) is 9.59 Å². The lowest BCUT2D eigenvalue weighted by Gasteiger charge is -2.09. The molecule has 0 atom stereocenters. The second-order valence-electron chi connectivity index (χ2n) is 5.35. The van der Waals surface area contributed by atoms with Gasteiger partial charge in [0.1, 0.15) is 6.54 Å². The van der Waals surface area contributed by atoms with Crippen LogP contribution in [0.25, 0.3) is 0 Å². The number of hydrogen-bond donors (Lipinski definition) is 1. The van der Waals surface area contributed by atoms with Crippen LogP contribution in [0.4, 0.5) is 5.69 Å². The summed E-state index contributed by atoms with van der Waals surface area (Å²) in [5, 5.41) is 2.77. The van der Waals surface area contributed by atoms with Gasteiger partial charge >= 0.3 is 0 Å². The van der Waals surface area contributed by atoms with Crippen molar-refractivity contribution in [1.29, 1.82) is 0 Å². The van der Waals surface area contributed by atoms with Crippen molar-refractivity contribution in [3.8, 4) is 0 Å². The molecule has 0 aliphatic rings. The van der Waals surface area contributed by atoms with E-state index in [1.165, 1.54) is 17.0 Å². The van der Waals surface area contributed by atoms with E-state index in [0.29, 0.717) is 0 Å². The number of hydrogen-bond acceptors (Lipinski definition) is 3. The molecule has 0 saturated heterocycles. The third-order valence-electron chi connectivity index (χ3n) is 3.11. The zero-order valence-electron chi connectivity index (χ0n) is 12.5. The van der Waals surface area contributed by atoms with Crippen LogP contribution in [0.2, 0.25) is 0 Å². The molecule has 0 aliphatic carbocycles. The molecule has 5 heteroatoms. The van der Waals surface area contributed by atoms with Gasteiger partial charge in [-0.05, 0) is 30.5 Å². The molecule has 5 nitrogen and oxygen atoms in total. The third-order valence-corrected chi connectivity index (χ3v) is 3.11. The first-order valence-electron chi connectivity index (χ1n) is 6.88. The summed E-state index contributed by atoms with van der Waals surface area (Å²) < 4.78 is 1.30. The molecule has 110 valence electrons. The van der Waals surface area contributed by atoms with E-state index in [2.05, 4.69) is 10.3 Å². The Labute approximate surface area is 123 Å². The standard InChI is InChI=1S/C16H19N3O2/c1-11(2)14-8-16(21)19(10-17-14)9-15(20)18-13-6-4-5-12(3)7-13/h4-8,10-11H,9H2,1-3H3,(H,18,20). The maximum Gasteiger partial charge on any atom is 0.254 e. The fourth-order valence-electron chi connectivity index (χ4n) is 1.95. The van der Waals surface area contributed by atoms with Crippen LogP contribution in [0, 0.1) is 6.92 Å². The van der Waals surface area contributed by atoms with Gasteiger partial charge < -0.3 is 5.32 Å². The molecule has 1 heterocycles. The Morgan fingerprint density at radius 3 is 2.71 bits per heavy atom. The Morgan fingerprint density at radius 2 is 2.10 bits per heavy atom. The fraction of sp³-hybridized carbons (Fsp3) is 0.312. The van der Waals surface area contributed by atoms with Crippen LogP contribution in [0.3, 0.4) is 0 Å². The van der Waals surface area contributed by atoms with Crippen molar-refractivity contribution >= 4 is 11.6 Å². The molecular weight excluding hydrogens is 266 g/mol. The lowest BCUT2D eigenvalue weighted by molar-refractivity contribution is -0.116. The van der Waals surface area contributed by atoms with E-state index in [1.54, 1.807) is 0 Å². The Hall–Kier alpha value is -2.43. The Morgan fingerprint density at radius 1 is 1.33 bits per heavy atom. The molecular formula is C16H19N3O2. The number of anilines is 1. The lowest BCUT2D eigenvalue weighted by atomic mass is 10.1. The van der Waals surface area contributed by atoms with Crippen LogP contribution < -0.4 is 10.9 Å². The van der Waals surface area contributed by atoms with Crippen molar-refractivity contribution in [3.63, 3.8) is 0 Å². The highest BCUT2D eigenvalue weighted by Gasteiger charge is 2.08. The number of nitrogens with zero attached hydrogens (tertiary/aromatic N) is 2. The van der Waals surface area contributed by atoms with Crippen molar-refractivity contribution in [2.45, 2.75) is 33.2 Å². The minimum Gasteiger partial charge on any atom is -0.325 e. The maximum absolute atomic E-state index is 12.0. The number of carbonyl (C=O) groups excluding carboxylic acids is 1. The molecule has 1 aromatic heterocycles. The number of aromatic nitrogens is 2. The van der Waals surface area contributed by atoms with Crippen molar-refractivity contribution in [3.05, 3.63) is 58.3 Å². The number of nitrogens with one attached hydrogen (secondary N) is 1. The van der Waals surface area contributed by atoms with Crippen molar-refractivity contribution < 1.29 is 4.79 Å². The van der Waals surface area contributed by atoms with Crippen LogP contribution in [-0.4, -0.2) is 15.5 Å². The van der Waals surface area contributed by atoms with E-state index >= 15 is 0 Å². The van der Waals surface area contributed by atoms with Gasteiger partial charge in [-0.2, -0.15) is 0 Å². The highest BCUT2D eigenvalue weighted by molar-refractivity contribution is 5.90. The summed E-state index contributed by atoms with van der Waals surface area (Å²) in [5.74, 6) is -0.0599. The molecule has 1 N–H and O–H groups in total. The first-order chi connectivity index (χ1) is 9.95. The molecule has 0 saturated carbocycles. The molecule has 0 fully saturated rings. The quantitative estimate of drug-likeness (QED) is 0.937. The molecule has 1 aromatic carbocycles. The smallest absolute Gasteiger partial charge is 0.254 e. The minimum absolute atomic E-state index is 0.0435. The Balaban J connectivity index is 2.08. The highest BCUT2D eigenvalue weighted by atomic mass is 16.2. The van der Waals surface area contributed by atoms with E-state index in [0.717, 1.165) is 16.9 Å². The van der Waals surface area contributed by atoms with Crippen LogP contribution in [0.5, 0.6) is 0 Å². The van der Waals surface area contributed by atoms with Crippen LogP contribution >= 0.6 is 0 Å². The van der Waals surface area contributed by atoms with E-state index in [-0.39, 0.29) is 23.9 Å². The Bertz CT molecular complexity index is 705. The number of benzene rings is 1. The zero-order chi connectivity index (χ0) is 15.4. The van der Waals surface area contributed by atoms with E-state index in [1.807, 2.05) is 45.0 Å². The zero-order valence-corrected chi connectivity index (χ0v) is 12.5. The summed E-state index contributed by atoms with van der Waals surface area (Å²) in [6, 6.07) is 8.99. The maximum atomic E-state index is 12.0. The van der Waals surface area contributed by atoms with Gasteiger partial charge in [-0.25, -0.2) is 4.98 Å². The predicted molar refractivity (Wildman–Crippen MR) is 82.4 cm³/mol. The molecule has 0 unspecified atom stereocenters. The largest absolute Gasteiger partial charge is 0.325 e. The minimum atomic E-state index is -0.248. The van der Waals surface area contributed by atoms with Gasteiger partial charge in [0.05, 0.1) is 12.0 Å². The monoisotopic (exact) mass is 285 g/mol. The van der Waals surface area contributed by atoms with Gasteiger partial charge in [0, 0.05) is 11.8 Å². The number of rotatable bonds is 4. The van der Waals surface area contributed by atoms with Gasteiger partial charge in [-0.3, -0.25) is 14.2 Å².